The SMILES string of the molecule is CC.CC.CC.CC.CC.CC.CCC(C)c1ccc(Cl)cc1.CCC(C)c1ccc(OC)c(CO)c1.CCC(C)c1cccc(Br)c1.CCC(C)c1cccc(C(=O)CO)c1.CCC(C)c1cccc(C(C)=O)c1.CCC(C)c1cccc2ccccc12. The first kappa shape index (κ1) is 92.4. The van der Waals surface area contributed by atoms with E-state index in [1.807, 2.05) is 144 Å². The van der Waals surface area contributed by atoms with E-state index in [2.05, 4.69) is 190 Å². The molecule has 0 radical (unpaired) electrons. The maximum atomic E-state index is 11.2. The molecule has 5 nitrogen and oxygen atoms in total. The Morgan fingerprint density at radius 1 is 0.438 bits per heavy atom. The van der Waals surface area contributed by atoms with Crippen LogP contribution in [0.3, 0.4) is 0 Å². The smallest absolute Gasteiger partial charge is 0.188 e. The van der Waals surface area contributed by atoms with Gasteiger partial charge in [-0.1, -0.05) is 303 Å². The van der Waals surface area contributed by atoms with Crippen LogP contribution in [0.1, 0.15) is 307 Å². The molecular weight excluding hydrogens is 1180 g/mol. The van der Waals surface area contributed by atoms with Crippen LogP contribution in [0.2, 0.25) is 5.02 Å². The van der Waals surface area contributed by atoms with Gasteiger partial charge in [-0.25, -0.2) is 0 Å². The van der Waals surface area contributed by atoms with Gasteiger partial charge in [-0.2, -0.15) is 0 Å². The normalized spacial score (nSPS) is 11.4. The average molecular weight is 1310 g/mol. The second kappa shape index (κ2) is 60.2. The Hall–Kier alpha value is -5.37. The zero-order valence-corrected chi connectivity index (χ0v) is 63.3. The maximum absolute atomic E-state index is 11.2. The number of hydrogen-bond acceptors (Lipinski definition) is 5. The second-order valence-corrected chi connectivity index (χ2v) is 21.5. The zero-order chi connectivity index (χ0) is 69.5. The van der Waals surface area contributed by atoms with Gasteiger partial charge in [0.1, 0.15) is 12.4 Å². The van der Waals surface area contributed by atoms with Crippen LogP contribution in [-0.4, -0.2) is 35.5 Å². The number of ketones is 2. The molecule has 0 bridgehead atoms. The number of halogens is 2. The molecule has 0 amide bonds. The lowest BCUT2D eigenvalue weighted by molar-refractivity contribution is 0.0903. The molecule has 0 aliphatic heterocycles. The monoisotopic (exact) mass is 1310 g/mol. The quantitative estimate of drug-likeness (QED) is 0.0888. The topological polar surface area (TPSA) is 83.8 Å². The molecule has 0 heterocycles. The lowest BCUT2D eigenvalue weighted by atomic mass is 9.93. The predicted molar refractivity (Wildman–Crippen MR) is 403 cm³/mol. The van der Waals surface area contributed by atoms with Crippen molar-refractivity contribution >= 4 is 49.9 Å². The summed E-state index contributed by atoms with van der Waals surface area (Å²) in [6, 6.07) is 53.2. The van der Waals surface area contributed by atoms with E-state index in [1.165, 1.54) is 62.3 Å². The van der Waals surface area contributed by atoms with Crippen LogP contribution in [0, 0.1) is 0 Å². The van der Waals surface area contributed by atoms with Crippen LogP contribution in [0.4, 0.5) is 0 Å². The van der Waals surface area contributed by atoms with E-state index in [4.69, 9.17) is 26.6 Å². The Morgan fingerprint density at radius 3 is 1.22 bits per heavy atom. The molecule has 7 rings (SSSR count). The molecule has 89 heavy (non-hydrogen) atoms. The number of aliphatic hydroxyl groups excluding tert-OH is 2. The summed E-state index contributed by atoms with van der Waals surface area (Å²) >= 11 is 9.22. The molecule has 0 saturated carbocycles. The van der Waals surface area contributed by atoms with E-state index in [9.17, 15) is 9.59 Å². The number of hydrogen-bond donors (Lipinski definition) is 2. The van der Waals surface area contributed by atoms with Crippen molar-refractivity contribution in [3.05, 3.63) is 217 Å². The van der Waals surface area contributed by atoms with E-state index in [0.717, 1.165) is 46.7 Å². The third-order valence-corrected chi connectivity index (χ3v) is 15.5. The minimum atomic E-state index is -0.413. The van der Waals surface area contributed by atoms with Crippen molar-refractivity contribution in [2.24, 2.45) is 0 Å². The van der Waals surface area contributed by atoms with Gasteiger partial charge in [0.25, 0.3) is 0 Å². The van der Waals surface area contributed by atoms with E-state index in [1.54, 1.807) is 20.1 Å². The molecule has 6 atom stereocenters. The fourth-order valence-electron chi connectivity index (χ4n) is 8.09. The van der Waals surface area contributed by atoms with E-state index < -0.39 is 6.61 Å². The molecule has 7 aromatic rings. The highest BCUT2D eigenvalue weighted by atomic mass is 79.9. The first-order chi connectivity index (χ1) is 42.9. The van der Waals surface area contributed by atoms with Crippen molar-refractivity contribution in [2.75, 3.05) is 13.7 Å². The predicted octanol–water partition coefficient (Wildman–Crippen LogP) is 26.8. The van der Waals surface area contributed by atoms with Crippen LogP contribution in [0.25, 0.3) is 10.8 Å². The highest BCUT2D eigenvalue weighted by Crippen LogP contribution is 2.29. The molecule has 2 N–H and O–H groups in total. The molecule has 0 spiro atoms. The Labute approximate surface area is 561 Å². The van der Waals surface area contributed by atoms with Gasteiger partial charge in [0, 0.05) is 26.2 Å². The molecular formula is C82H128BrClO5. The van der Waals surface area contributed by atoms with E-state index in [0.29, 0.717) is 41.1 Å². The molecule has 7 heteroatoms. The van der Waals surface area contributed by atoms with Crippen molar-refractivity contribution in [1.29, 1.82) is 0 Å². The summed E-state index contributed by atoms with van der Waals surface area (Å²) in [7, 11) is 1.62. The lowest BCUT2D eigenvalue weighted by Gasteiger charge is -2.12. The van der Waals surface area contributed by atoms with Crippen LogP contribution >= 0.6 is 27.5 Å². The highest BCUT2D eigenvalue weighted by molar-refractivity contribution is 9.10. The summed E-state index contributed by atoms with van der Waals surface area (Å²) in [5.74, 6) is 4.20. The second-order valence-electron chi connectivity index (χ2n) is 20.1. The van der Waals surface area contributed by atoms with Gasteiger partial charge in [0.2, 0.25) is 0 Å². The van der Waals surface area contributed by atoms with Crippen LogP contribution < -0.4 is 4.74 Å². The molecule has 7 aromatic carbocycles. The Morgan fingerprint density at radius 2 is 0.809 bits per heavy atom. The minimum absolute atomic E-state index is 0.0352. The van der Waals surface area contributed by atoms with Crippen molar-refractivity contribution < 1.29 is 24.5 Å². The fourth-order valence-corrected chi connectivity index (χ4v) is 8.63. The Bertz CT molecular complexity index is 2760. The van der Waals surface area contributed by atoms with Gasteiger partial charge in [-0.3, -0.25) is 9.59 Å². The van der Waals surface area contributed by atoms with Crippen molar-refractivity contribution in [1.82, 2.24) is 0 Å². The molecule has 0 aliphatic carbocycles. The third kappa shape index (κ3) is 38.2. The first-order valence-electron chi connectivity index (χ1n) is 34.0. The molecule has 0 saturated heterocycles. The largest absolute Gasteiger partial charge is 0.496 e. The number of fused-ring (bicyclic) bond motifs is 1. The fraction of sp³-hybridized carbons (Fsp3) is 0.488. The number of ether oxygens (including phenoxy) is 1. The van der Waals surface area contributed by atoms with Crippen LogP contribution in [-0.2, 0) is 6.61 Å². The molecule has 500 valence electrons. The van der Waals surface area contributed by atoms with Gasteiger partial charge in [-0.05, 0) is 174 Å². The summed E-state index contributed by atoms with van der Waals surface area (Å²) in [5.41, 5.74) is 10.2. The summed E-state index contributed by atoms with van der Waals surface area (Å²) in [5, 5.41) is 21.4. The lowest BCUT2D eigenvalue weighted by Crippen LogP contribution is -2.05. The number of benzene rings is 7. The number of Topliss-reactive ketones (excluding diaryl/α,β-unsaturated/α-hetero) is 2. The number of aliphatic hydroxyl groups is 2. The van der Waals surface area contributed by atoms with Gasteiger partial charge < -0.3 is 14.9 Å². The van der Waals surface area contributed by atoms with E-state index >= 15 is 0 Å². The van der Waals surface area contributed by atoms with Crippen molar-refractivity contribution in [3.8, 4) is 5.75 Å². The number of carbonyl (C=O) groups is 2. The minimum Gasteiger partial charge on any atom is -0.496 e. The standard InChI is InChI=1S/C14H16.C12H18O2.C12H16O2.C12H16O.C10H13Br.C10H13Cl.6C2H6/c1-3-11(2)13-10-6-8-12-7-4-5-9-14(12)13;1-4-9(2)10-5-6-12(14-3)11(7-10)8-13;1-3-9(2)10-5-4-6-11(7-10)12(14)8-13;1-4-9(2)11-6-5-7-12(8-11)10(3)13;1-3-8(2)9-5-4-6-10(11)7-9;1-3-8(2)9-4-6-10(11)7-5-9;6*1-2/h4-11H,3H2,1-2H3;5-7,9,13H,4,8H2,1-3H3;4-7,9,13H,3,8H2,1-2H3;5-9H,4H2,1-3H3;2*4-8H,3H2,1-2H3;6*1-2H3. The summed E-state index contributed by atoms with van der Waals surface area (Å²) in [4.78, 5) is 22.3. The third-order valence-electron chi connectivity index (χ3n) is 14.7. The Balaban J connectivity index is -0.000000307. The number of carbonyl (C=O) groups excluding carboxylic acids is 2. The Kier molecular flexibility index (Phi) is 62.5. The van der Waals surface area contributed by atoms with Gasteiger partial charge in [-0.15, -0.1) is 0 Å². The van der Waals surface area contributed by atoms with Crippen molar-refractivity contribution in [3.63, 3.8) is 0 Å². The summed E-state index contributed by atoms with van der Waals surface area (Å²) in [6.45, 7) is 51.6. The van der Waals surface area contributed by atoms with Crippen LogP contribution in [0.15, 0.2) is 162 Å². The summed E-state index contributed by atoms with van der Waals surface area (Å²) in [6.07, 6.45) is 6.86. The van der Waals surface area contributed by atoms with Crippen LogP contribution in [0.5, 0.6) is 5.75 Å². The molecule has 0 fully saturated rings. The molecule has 0 aromatic heterocycles. The number of methoxy groups -OCH3 is 1. The first-order valence-corrected chi connectivity index (χ1v) is 35.1. The number of rotatable bonds is 17. The highest BCUT2D eigenvalue weighted by Gasteiger charge is 2.11. The summed E-state index contributed by atoms with van der Waals surface area (Å²) < 4.78 is 6.32. The van der Waals surface area contributed by atoms with Crippen molar-refractivity contribution in [2.45, 2.75) is 254 Å². The average Bonchev–Trinajstić information content (AvgIpc) is 2.54. The van der Waals surface area contributed by atoms with E-state index in [-0.39, 0.29) is 18.2 Å². The zero-order valence-electron chi connectivity index (χ0n) is 61.0. The van der Waals surface area contributed by atoms with Gasteiger partial charge in [0.05, 0.1) is 13.7 Å². The molecule has 6 unspecified atom stereocenters. The van der Waals surface area contributed by atoms with Gasteiger partial charge in [0.15, 0.2) is 11.6 Å². The molecule has 0 aliphatic rings. The van der Waals surface area contributed by atoms with Gasteiger partial charge >= 0.3 is 0 Å². The maximum Gasteiger partial charge on any atom is 0.188 e.